The molecule has 26 heavy (non-hydrogen) atoms. The van der Waals surface area contributed by atoms with E-state index < -0.39 is 0 Å². The van der Waals surface area contributed by atoms with Crippen LogP contribution in [0.2, 0.25) is 0 Å². The molecular weight excluding hydrogens is 410 g/mol. The Morgan fingerprint density at radius 3 is 2.69 bits per heavy atom. The first-order valence-corrected chi connectivity index (χ1v) is 9.51. The van der Waals surface area contributed by atoms with Gasteiger partial charge in [0.15, 0.2) is 0 Å². The quantitative estimate of drug-likeness (QED) is 0.519. The number of methoxy groups -OCH3 is 1. The highest BCUT2D eigenvalue weighted by atomic mass is 79.9. The second-order valence-corrected chi connectivity index (χ2v) is 7.31. The van der Waals surface area contributed by atoms with Gasteiger partial charge >= 0.3 is 0 Å². The Labute approximate surface area is 164 Å². The number of benzene rings is 2. The highest BCUT2D eigenvalue weighted by Gasteiger charge is 2.09. The molecule has 1 N–H and O–H groups in total. The van der Waals surface area contributed by atoms with E-state index in [9.17, 15) is 5.26 Å². The molecule has 0 radical (unpaired) electrons. The van der Waals surface area contributed by atoms with E-state index >= 15 is 0 Å². The molecule has 0 saturated carbocycles. The number of anilines is 1. The Bertz CT molecular complexity index is 987. The van der Waals surface area contributed by atoms with E-state index in [0.29, 0.717) is 10.6 Å². The molecule has 0 bridgehead atoms. The van der Waals surface area contributed by atoms with Crippen LogP contribution in [-0.2, 0) is 0 Å². The molecule has 0 amide bonds. The Morgan fingerprint density at radius 1 is 1.27 bits per heavy atom. The number of allylic oxidation sites excluding steroid dienone is 1. The first-order chi connectivity index (χ1) is 12.6. The third kappa shape index (κ3) is 4.13. The number of rotatable bonds is 5. The van der Waals surface area contributed by atoms with Gasteiger partial charge in [-0.25, -0.2) is 4.98 Å². The molecule has 4 nitrogen and oxygen atoms in total. The van der Waals surface area contributed by atoms with Gasteiger partial charge < -0.3 is 10.1 Å². The molecule has 1 aromatic heterocycles. The summed E-state index contributed by atoms with van der Waals surface area (Å²) in [5.74, 6) is 0.802. The zero-order valence-electron chi connectivity index (χ0n) is 14.3. The average Bonchev–Trinajstić information content (AvgIpc) is 3.14. The summed E-state index contributed by atoms with van der Waals surface area (Å²) in [6, 6.07) is 15.9. The summed E-state index contributed by atoms with van der Waals surface area (Å²) in [4.78, 5) is 4.60. The predicted octanol–water partition coefficient (Wildman–Crippen LogP) is 5.87. The van der Waals surface area contributed by atoms with Crippen molar-refractivity contribution >= 4 is 38.5 Å². The Hall–Kier alpha value is -2.62. The minimum absolute atomic E-state index is 0.497. The zero-order valence-corrected chi connectivity index (χ0v) is 16.7. The van der Waals surface area contributed by atoms with E-state index in [1.165, 1.54) is 11.3 Å². The first kappa shape index (κ1) is 18.2. The molecular formula is C20H16BrN3OS. The van der Waals surface area contributed by atoms with E-state index in [2.05, 4.69) is 32.3 Å². The van der Waals surface area contributed by atoms with Crippen molar-refractivity contribution in [1.29, 1.82) is 5.26 Å². The number of nitrogens with one attached hydrogen (secondary N) is 1. The fourth-order valence-corrected chi connectivity index (χ4v) is 3.64. The van der Waals surface area contributed by atoms with Gasteiger partial charge in [-0.3, -0.25) is 0 Å². The van der Waals surface area contributed by atoms with Crippen molar-refractivity contribution in [2.75, 3.05) is 12.4 Å². The van der Waals surface area contributed by atoms with Gasteiger partial charge in [-0.15, -0.1) is 11.3 Å². The van der Waals surface area contributed by atoms with Crippen LogP contribution in [-0.4, -0.2) is 12.1 Å². The van der Waals surface area contributed by atoms with E-state index in [1.54, 1.807) is 13.3 Å². The number of hydrogen-bond acceptors (Lipinski definition) is 5. The predicted molar refractivity (Wildman–Crippen MR) is 110 cm³/mol. The topological polar surface area (TPSA) is 57.9 Å². The van der Waals surface area contributed by atoms with Crippen LogP contribution in [0, 0.1) is 18.3 Å². The van der Waals surface area contributed by atoms with Gasteiger partial charge in [0.25, 0.3) is 0 Å². The Morgan fingerprint density at radius 2 is 2.04 bits per heavy atom. The van der Waals surface area contributed by atoms with Crippen LogP contribution in [0.5, 0.6) is 5.75 Å². The molecule has 0 atom stereocenters. The van der Waals surface area contributed by atoms with Crippen molar-refractivity contribution in [1.82, 2.24) is 4.98 Å². The van der Waals surface area contributed by atoms with Crippen molar-refractivity contribution in [2.24, 2.45) is 0 Å². The molecule has 1 heterocycles. The maximum absolute atomic E-state index is 9.50. The summed E-state index contributed by atoms with van der Waals surface area (Å²) in [7, 11) is 1.64. The largest absolute Gasteiger partial charge is 0.497 e. The lowest BCUT2D eigenvalue weighted by Gasteiger charge is -2.06. The van der Waals surface area contributed by atoms with Crippen molar-refractivity contribution in [3.8, 4) is 23.1 Å². The minimum atomic E-state index is 0.497. The van der Waals surface area contributed by atoms with Crippen molar-refractivity contribution in [3.63, 3.8) is 0 Å². The molecule has 0 unspecified atom stereocenters. The summed E-state index contributed by atoms with van der Waals surface area (Å²) in [6.07, 6.45) is 1.70. The Kier molecular flexibility index (Phi) is 5.71. The second kappa shape index (κ2) is 8.17. The van der Waals surface area contributed by atoms with Gasteiger partial charge in [0.05, 0.1) is 12.8 Å². The molecule has 3 aromatic rings. The number of ether oxygens (including phenoxy) is 1. The molecule has 0 aliphatic rings. The minimum Gasteiger partial charge on any atom is -0.497 e. The maximum atomic E-state index is 9.50. The van der Waals surface area contributed by atoms with Crippen LogP contribution in [0.25, 0.3) is 16.8 Å². The van der Waals surface area contributed by atoms with E-state index in [4.69, 9.17) is 4.74 Å². The van der Waals surface area contributed by atoms with Crippen LogP contribution in [0.15, 0.2) is 58.5 Å². The highest BCUT2D eigenvalue weighted by molar-refractivity contribution is 9.10. The van der Waals surface area contributed by atoms with Crippen LogP contribution < -0.4 is 10.1 Å². The van der Waals surface area contributed by atoms with Gasteiger partial charge in [0.2, 0.25) is 0 Å². The fraction of sp³-hybridized carbons (Fsp3) is 0.100. The highest BCUT2D eigenvalue weighted by Crippen LogP contribution is 2.28. The summed E-state index contributed by atoms with van der Waals surface area (Å²) in [6.45, 7) is 2.01. The van der Waals surface area contributed by atoms with E-state index in [1.807, 2.05) is 54.8 Å². The van der Waals surface area contributed by atoms with Crippen molar-refractivity contribution < 1.29 is 4.74 Å². The SMILES string of the molecule is COc1ccc(-c2csc(C(C#N)=CNc3ccc(Br)cc3C)n2)cc1. The number of aryl methyl sites for hydroxylation is 1. The monoisotopic (exact) mass is 425 g/mol. The second-order valence-electron chi connectivity index (χ2n) is 5.54. The summed E-state index contributed by atoms with van der Waals surface area (Å²) in [5, 5.41) is 15.3. The summed E-state index contributed by atoms with van der Waals surface area (Å²) in [5.41, 5.74) is 4.37. The molecule has 0 aliphatic heterocycles. The molecule has 0 fully saturated rings. The lowest BCUT2D eigenvalue weighted by Crippen LogP contribution is -1.93. The standard InChI is InChI=1S/C20H16BrN3OS/c1-13-9-16(21)5-8-18(13)23-11-15(10-22)20-24-19(12-26-20)14-3-6-17(25-2)7-4-14/h3-9,11-12,23H,1-2H3. The summed E-state index contributed by atoms with van der Waals surface area (Å²) < 4.78 is 6.20. The van der Waals surface area contributed by atoms with Crippen molar-refractivity contribution in [2.45, 2.75) is 6.92 Å². The van der Waals surface area contributed by atoms with Crippen LogP contribution in [0.3, 0.4) is 0 Å². The van der Waals surface area contributed by atoms with Crippen LogP contribution >= 0.6 is 27.3 Å². The van der Waals surface area contributed by atoms with Gasteiger partial charge in [-0.2, -0.15) is 5.26 Å². The molecule has 6 heteroatoms. The third-order valence-electron chi connectivity index (χ3n) is 3.80. The van der Waals surface area contributed by atoms with E-state index in [0.717, 1.165) is 32.7 Å². The van der Waals surface area contributed by atoms with Crippen LogP contribution in [0.1, 0.15) is 10.6 Å². The van der Waals surface area contributed by atoms with Gasteiger partial charge in [0.1, 0.15) is 22.4 Å². The average molecular weight is 426 g/mol. The van der Waals surface area contributed by atoms with Crippen molar-refractivity contribution in [3.05, 3.63) is 69.1 Å². The zero-order chi connectivity index (χ0) is 18.5. The van der Waals surface area contributed by atoms with Gasteiger partial charge in [0, 0.05) is 27.3 Å². The maximum Gasteiger partial charge on any atom is 0.136 e. The molecule has 0 aliphatic carbocycles. The number of nitriles is 1. The number of halogens is 1. The van der Waals surface area contributed by atoms with Gasteiger partial charge in [-0.05, 0) is 55.0 Å². The fourth-order valence-electron chi connectivity index (χ4n) is 2.37. The van der Waals surface area contributed by atoms with Gasteiger partial charge in [-0.1, -0.05) is 15.9 Å². The number of hydrogen-bond donors (Lipinski definition) is 1. The normalized spacial score (nSPS) is 11.1. The molecule has 2 aromatic carbocycles. The summed E-state index contributed by atoms with van der Waals surface area (Å²) >= 11 is 4.90. The van der Waals surface area contributed by atoms with E-state index in [-0.39, 0.29) is 0 Å². The number of thiazole rings is 1. The molecule has 0 spiro atoms. The number of aromatic nitrogens is 1. The molecule has 130 valence electrons. The lowest BCUT2D eigenvalue weighted by molar-refractivity contribution is 0.415. The first-order valence-electron chi connectivity index (χ1n) is 7.84. The smallest absolute Gasteiger partial charge is 0.136 e. The third-order valence-corrected chi connectivity index (χ3v) is 5.17. The lowest BCUT2D eigenvalue weighted by atomic mass is 10.2. The molecule has 0 saturated heterocycles. The number of nitrogens with zero attached hydrogens (tertiary/aromatic N) is 2. The Balaban J connectivity index is 1.82. The van der Waals surface area contributed by atoms with Crippen LogP contribution in [0.4, 0.5) is 5.69 Å². The molecule has 3 rings (SSSR count).